The highest BCUT2D eigenvalue weighted by atomic mass is 16.5. The average Bonchev–Trinajstić information content (AvgIpc) is 3.77. The maximum absolute atomic E-state index is 14.4. The second-order valence-electron chi connectivity index (χ2n) is 15.7. The zero-order valence-corrected chi connectivity index (χ0v) is 38.5. The summed E-state index contributed by atoms with van der Waals surface area (Å²) in [5.41, 5.74) is 54.9. The Hall–Kier alpha value is -6.22. The molecule has 0 radical (unpaired) electrons. The lowest BCUT2D eigenvalue weighted by atomic mass is 10.1. The molecule has 0 spiro atoms. The zero-order chi connectivity index (χ0) is 49.3. The van der Waals surface area contributed by atoms with E-state index in [4.69, 9.17) is 62.1 Å². The Morgan fingerprint density at radius 3 is 1.48 bits per heavy atom. The number of aliphatic imine (C=N–C) groups is 4. The molecule has 1 aliphatic rings. The second-order valence-corrected chi connectivity index (χ2v) is 15.7. The van der Waals surface area contributed by atoms with Crippen LogP contribution in [0.25, 0.3) is 0 Å². The molecule has 0 aromatic heterocycles. The molecule has 1 saturated heterocycles. The first-order chi connectivity index (χ1) is 31.4. The third kappa shape index (κ3) is 27.9. The number of nitrogens with one attached hydrogen (secondary N) is 2. The van der Waals surface area contributed by atoms with Crippen molar-refractivity contribution in [3.05, 3.63) is 0 Å². The second kappa shape index (κ2) is 34.2. The Kier molecular flexibility index (Phi) is 29.9. The van der Waals surface area contributed by atoms with E-state index >= 15 is 0 Å². The first-order valence-electron chi connectivity index (χ1n) is 22.4. The quantitative estimate of drug-likeness (QED) is 0.0158. The van der Waals surface area contributed by atoms with Gasteiger partial charge >= 0.3 is 0 Å². The molecule has 27 nitrogen and oxygen atoms in total. The topological polar surface area (TPSA) is 458 Å². The SMILES string of the molecule is NCCCCCCNCC(=O)N(CCCN=C(N)N)CC(=O)N(CCCN=C(N)N)CC(=O)N(CC(=O)N(CCCN=C(N)N)CC(=O)N[C@H](CCCN=C(N)N)C(N)=O)CC1CCCO1. The number of hydrogen-bond donors (Lipinski definition) is 12. The predicted octanol–water partition coefficient (Wildman–Crippen LogP) is -6.40. The van der Waals surface area contributed by atoms with E-state index in [0.29, 0.717) is 39.0 Å². The van der Waals surface area contributed by atoms with Crippen molar-refractivity contribution in [2.45, 2.75) is 82.8 Å². The van der Waals surface area contributed by atoms with Crippen molar-refractivity contribution in [1.29, 1.82) is 0 Å². The lowest BCUT2D eigenvalue weighted by molar-refractivity contribution is -0.147. The first-order valence-corrected chi connectivity index (χ1v) is 22.4. The molecule has 0 aliphatic carbocycles. The van der Waals surface area contributed by atoms with Crippen LogP contribution in [0, 0.1) is 0 Å². The number of amides is 6. The molecule has 0 aromatic carbocycles. The number of carbonyl (C=O) groups is 6. The van der Waals surface area contributed by atoms with Gasteiger partial charge in [-0.05, 0) is 70.9 Å². The monoisotopic (exact) mass is 939 g/mol. The van der Waals surface area contributed by atoms with Gasteiger partial charge in [0.1, 0.15) is 6.04 Å². The molecule has 1 rings (SSSR count). The minimum absolute atomic E-state index is 0.00147. The number of nitrogens with two attached hydrogens (primary N) is 10. The molecule has 0 aromatic rings. The fourth-order valence-corrected chi connectivity index (χ4v) is 6.62. The molecule has 1 aliphatic heterocycles. The van der Waals surface area contributed by atoms with Crippen LogP contribution >= 0.6 is 0 Å². The summed E-state index contributed by atoms with van der Waals surface area (Å²) in [6.45, 7) is 0.561. The highest BCUT2D eigenvalue weighted by molar-refractivity contribution is 5.92. The summed E-state index contributed by atoms with van der Waals surface area (Å²) in [5.74, 6) is -4.18. The van der Waals surface area contributed by atoms with Gasteiger partial charge in [0, 0.05) is 59.0 Å². The summed E-state index contributed by atoms with van der Waals surface area (Å²) in [6, 6.07) is -1.09. The van der Waals surface area contributed by atoms with Gasteiger partial charge in [0.05, 0.1) is 38.8 Å². The smallest absolute Gasteiger partial charge is 0.242 e. The van der Waals surface area contributed by atoms with Crippen molar-refractivity contribution in [3.63, 3.8) is 0 Å². The lowest BCUT2D eigenvalue weighted by Crippen LogP contribution is -2.53. The standard InChI is InChI=1S/C39H78N20O7/c40-12-3-1-2-4-13-50-22-31(61)57(19-8-16-53-38(46)47)25-32(62)58(20-9-17-54-39(48)49)26-34(64)59(23-28-10-6-21-66-28)27-33(63)56(18-7-15-52-37(44)45)24-30(60)55-29(35(41)65)11-5-14-51-36(42)43/h28-29,50H,1-27,40H2,(H2,41,65)(H,55,60)(H4,42,43,51)(H4,44,45,52)(H4,46,47,53)(H4,48,49,54)/t28?,29-/m1/s1. The van der Waals surface area contributed by atoms with Gasteiger partial charge in [0.15, 0.2) is 23.8 Å². The zero-order valence-electron chi connectivity index (χ0n) is 38.5. The molecule has 1 unspecified atom stereocenters. The first kappa shape index (κ1) is 57.8. The van der Waals surface area contributed by atoms with Crippen LogP contribution in [0.15, 0.2) is 20.0 Å². The van der Waals surface area contributed by atoms with Gasteiger partial charge in [-0.25, -0.2) is 0 Å². The Balaban J connectivity index is 3.40. The van der Waals surface area contributed by atoms with E-state index in [1.165, 1.54) is 19.6 Å². The molecule has 376 valence electrons. The summed E-state index contributed by atoms with van der Waals surface area (Å²) < 4.78 is 5.84. The van der Waals surface area contributed by atoms with E-state index < -0.39 is 61.3 Å². The van der Waals surface area contributed by atoms with Crippen molar-refractivity contribution in [1.82, 2.24) is 30.2 Å². The lowest BCUT2D eigenvalue weighted by Gasteiger charge is -2.32. The molecular weight excluding hydrogens is 861 g/mol. The van der Waals surface area contributed by atoms with Crippen LogP contribution in [-0.2, 0) is 33.5 Å². The number of hydrogen-bond acceptors (Lipinski definition) is 13. The summed E-state index contributed by atoms with van der Waals surface area (Å²) in [5, 5.41) is 5.70. The highest BCUT2D eigenvalue weighted by Crippen LogP contribution is 2.15. The normalized spacial score (nSPS) is 13.4. The van der Waals surface area contributed by atoms with Crippen LogP contribution in [-0.4, -0.2) is 196 Å². The molecule has 2 atom stereocenters. The van der Waals surface area contributed by atoms with Crippen LogP contribution in [0.3, 0.4) is 0 Å². The van der Waals surface area contributed by atoms with Gasteiger partial charge in [-0.15, -0.1) is 0 Å². The number of rotatable bonds is 36. The van der Waals surface area contributed by atoms with Gasteiger partial charge in [-0.1, -0.05) is 12.8 Å². The maximum atomic E-state index is 14.4. The summed E-state index contributed by atoms with van der Waals surface area (Å²) in [6.07, 6.45) is 5.91. The van der Waals surface area contributed by atoms with Gasteiger partial charge in [-0.3, -0.25) is 48.7 Å². The van der Waals surface area contributed by atoms with Gasteiger partial charge < -0.3 is 92.3 Å². The van der Waals surface area contributed by atoms with E-state index in [-0.39, 0.29) is 114 Å². The third-order valence-corrected chi connectivity index (χ3v) is 10.0. The minimum Gasteiger partial charge on any atom is -0.376 e. The molecule has 27 heteroatoms. The van der Waals surface area contributed by atoms with Crippen LogP contribution in [0.5, 0.6) is 0 Å². The van der Waals surface area contributed by atoms with E-state index in [0.717, 1.165) is 32.1 Å². The van der Waals surface area contributed by atoms with E-state index in [2.05, 4.69) is 30.6 Å². The average molecular weight is 939 g/mol. The number of unbranched alkanes of at least 4 members (excludes halogenated alkanes) is 3. The fourth-order valence-electron chi connectivity index (χ4n) is 6.62. The Bertz CT molecular complexity index is 1610. The number of nitrogens with zero attached hydrogens (tertiary/aromatic N) is 8. The van der Waals surface area contributed by atoms with Gasteiger partial charge in [-0.2, -0.15) is 0 Å². The molecule has 6 amide bonds. The minimum atomic E-state index is -1.09. The molecular formula is C39H78N20O7. The summed E-state index contributed by atoms with van der Waals surface area (Å²) >= 11 is 0. The number of guanidine groups is 4. The third-order valence-electron chi connectivity index (χ3n) is 10.0. The van der Waals surface area contributed by atoms with Crippen LogP contribution < -0.4 is 68.0 Å². The highest BCUT2D eigenvalue weighted by Gasteiger charge is 2.30. The van der Waals surface area contributed by atoms with Crippen molar-refractivity contribution in [2.75, 3.05) is 105 Å². The van der Waals surface area contributed by atoms with Crippen molar-refractivity contribution >= 4 is 59.3 Å². The van der Waals surface area contributed by atoms with Crippen molar-refractivity contribution < 1.29 is 33.5 Å². The molecule has 0 saturated carbocycles. The molecule has 22 N–H and O–H groups in total. The number of carbonyl (C=O) groups excluding carboxylic acids is 6. The maximum Gasteiger partial charge on any atom is 0.242 e. The molecule has 1 fully saturated rings. The number of ether oxygens (including phenoxy) is 1. The van der Waals surface area contributed by atoms with Crippen molar-refractivity contribution in [2.24, 2.45) is 77.3 Å². The van der Waals surface area contributed by atoms with Crippen LogP contribution in [0.2, 0.25) is 0 Å². The molecule has 0 bridgehead atoms. The van der Waals surface area contributed by atoms with Gasteiger partial charge in [0.25, 0.3) is 0 Å². The van der Waals surface area contributed by atoms with Crippen LogP contribution in [0.1, 0.15) is 70.6 Å². The summed E-state index contributed by atoms with van der Waals surface area (Å²) in [7, 11) is 0. The van der Waals surface area contributed by atoms with Crippen LogP contribution in [0.4, 0.5) is 0 Å². The molecule has 1 heterocycles. The largest absolute Gasteiger partial charge is 0.376 e. The summed E-state index contributed by atoms with van der Waals surface area (Å²) in [4.78, 5) is 103. The van der Waals surface area contributed by atoms with E-state index in [1.807, 2.05) is 0 Å². The van der Waals surface area contributed by atoms with E-state index in [9.17, 15) is 28.8 Å². The predicted molar refractivity (Wildman–Crippen MR) is 253 cm³/mol. The fraction of sp³-hybridized carbons (Fsp3) is 0.744. The Morgan fingerprint density at radius 2 is 1.02 bits per heavy atom. The molecule has 66 heavy (non-hydrogen) atoms. The Morgan fingerprint density at radius 1 is 0.561 bits per heavy atom. The van der Waals surface area contributed by atoms with E-state index in [1.54, 1.807) is 0 Å². The van der Waals surface area contributed by atoms with Gasteiger partial charge in [0.2, 0.25) is 35.4 Å². The Labute approximate surface area is 387 Å². The van der Waals surface area contributed by atoms with Crippen molar-refractivity contribution in [3.8, 4) is 0 Å². The number of primary amides is 1.